The largest absolute Gasteiger partial charge is 0.497 e. The number of aliphatic hydroxyl groups excluding tert-OH is 1. The van der Waals surface area contributed by atoms with Gasteiger partial charge in [-0.3, -0.25) is 0 Å². The second kappa shape index (κ2) is 9.23. The van der Waals surface area contributed by atoms with Gasteiger partial charge in [0.25, 0.3) is 0 Å². The van der Waals surface area contributed by atoms with Crippen molar-refractivity contribution in [1.29, 1.82) is 0 Å². The fraction of sp³-hybridized carbons (Fsp3) is 0.562. The fourth-order valence-corrected chi connectivity index (χ4v) is 1.96. The molecule has 0 aromatic heterocycles. The zero-order chi connectivity index (χ0) is 15.7. The van der Waals surface area contributed by atoms with Crippen LogP contribution in [0.3, 0.4) is 0 Å². The van der Waals surface area contributed by atoms with Crippen LogP contribution < -0.4 is 15.4 Å². The molecule has 0 bridgehead atoms. The fourth-order valence-electron chi connectivity index (χ4n) is 1.96. The number of methoxy groups -OCH3 is 1. The van der Waals surface area contributed by atoms with Crippen molar-refractivity contribution in [3.8, 4) is 5.75 Å². The van der Waals surface area contributed by atoms with Crippen LogP contribution in [0.25, 0.3) is 0 Å². The first-order chi connectivity index (χ1) is 10.0. The molecule has 0 saturated carbocycles. The van der Waals surface area contributed by atoms with Gasteiger partial charge in [-0.15, -0.1) is 0 Å². The van der Waals surface area contributed by atoms with Crippen LogP contribution in [-0.2, 0) is 0 Å². The normalized spacial score (nSPS) is 13.3. The molecule has 0 saturated heterocycles. The Morgan fingerprint density at radius 2 is 1.71 bits per heavy atom. The molecule has 0 aliphatic rings. The van der Waals surface area contributed by atoms with Crippen LogP contribution in [0.15, 0.2) is 24.3 Å². The summed E-state index contributed by atoms with van der Waals surface area (Å²) in [6.07, 6.45) is 1.05. The van der Waals surface area contributed by atoms with Crippen LogP contribution in [0.4, 0.5) is 4.79 Å². The molecule has 5 nitrogen and oxygen atoms in total. The molecule has 5 heteroatoms. The highest BCUT2D eigenvalue weighted by molar-refractivity contribution is 5.73. The van der Waals surface area contributed by atoms with Gasteiger partial charge in [0.05, 0.1) is 13.2 Å². The molecule has 1 aromatic rings. The number of rotatable bonds is 8. The number of amides is 2. The Hall–Kier alpha value is -1.75. The van der Waals surface area contributed by atoms with Gasteiger partial charge in [0.15, 0.2) is 0 Å². The van der Waals surface area contributed by atoms with Crippen LogP contribution in [0.2, 0.25) is 0 Å². The van der Waals surface area contributed by atoms with E-state index in [9.17, 15) is 4.79 Å². The predicted molar refractivity (Wildman–Crippen MR) is 83.7 cm³/mol. The highest BCUT2D eigenvalue weighted by Crippen LogP contribution is 2.21. The summed E-state index contributed by atoms with van der Waals surface area (Å²) in [4.78, 5) is 11.5. The van der Waals surface area contributed by atoms with Crippen LogP contribution in [0.1, 0.15) is 38.2 Å². The average Bonchev–Trinajstić information content (AvgIpc) is 2.46. The van der Waals surface area contributed by atoms with Crippen molar-refractivity contribution in [2.24, 2.45) is 0 Å². The number of hydrogen-bond acceptors (Lipinski definition) is 3. The third-order valence-electron chi connectivity index (χ3n) is 3.40. The highest BCUT2D eigenvalue weighted by atomic mass is 16.5. The smallest absolute Gasteiger partial charge is 0.314 e. The molecule has 0 radical (unpaired) electrons. The molecule has 0 spiro atoms. The maximum Gasteiger partial charge on any atom is 0.314 e. The van der Waals surface area contributed by atoms with Crippen molar-refractivity contribution in [3.05, 3.63) is 29.8 Å². The Morgan fingerprint density at radius 3 is 2.24 bits per heavy atom. The maximum absolute atomic E-state index is 11.5. The van der Waals surface area contributed by atoms with Crippen molar-refractivity contribution in [3.63, 3.8) is 0 Å². The molecule has 21 heavy (non-hydrogen) atoms. The standard InChI is InChI=1S/C16H26N2O3/c1-12(14-4-6-15(21-3)7-5-14)8-10-17-16(20)18-11-9-13(2)19/h4-7,12-13,19H,8-11H2,1-3H3,(H2,17,18,20). The van der Waals surface area contributed by atoms with Gasteiger partial charge < -0.3 is 20.5 Å². The summed E-state index contributed by atoms with van der Waals surface area (Å²) in [6, 6.07) is 7.81. The zero-order valence-corrected chi connectivity index (χ0v) is 13.1. The summed E-state index contributed by atoms with van der Waals surface area (Å²) in [7, 11) is 1.65. The second-order valence-electron chi connectivity index (χ2n) is 5.28. The molecular formula is C16H26N2O3. The number of urea groups is 1. The lowest BCUT2D eigenvalue weighted by Gasteiger charge is -2.13. The van der Waals surface area contributed by atoms with Crippen LogP contribution in [0.5, 0.6) is 5.75 Å². The molecule has 0 fully saturated rings. The highest BCUT2D eigenvalue weighted by Gasteiger charge is 2.07. The number of benzene rings is 1. The zero-order valence-electron chi connectivity index (χ0n) is 13.1. The quantitative estimate of drug-likeness (QED) is 0.689. The van der Waals surface area contributed by atoms with Crippen molar-refractivity contribution in [2.75, 3.05) is 20.2 Å². The third kappa shape index (κ3) is 6.99. The SMILES string of the molecule is COc1ccc(C(C)CCNC(=O)NCCC(C)O)cc1. The Balaban J connectivity index is 2.23. The first-order valence-electron chi connectivity index (χ1n) is 7.36. The van der Waals surface area contributed by atoms with E-state index in [1.807, 2.05) is 24.3 Å². The van der Waals surface area contributed by atoms with E-state index in [1.54, 1.807) is 14.0 Å². The molecular weight excluding hydrogens is 268 g/mol. The Morgan fingerprint density at radius 1 is 1.14 bits per heavy atom. The van der Waals surface area contributed by atoms with Gasteiger partial charge in [0, 0.05) is 13.1 Å². The molecule has 118 valence electrons. The number of hydrogen-bond donors (Lipinski definition) is 3. The summed E-state index contributed by atoms with van der Waals surface area (Å²) in [5.41, 5.74) is 1.23. The molecule has 0 heterocycles. The minimum absolute atomic E-state index is 0.183. The molecule has 2 atom stereocenters. The number of carbonyl (C=O) groups excluding carboxylic acids is 1. The van der Waals surface area contributed by atoms with Crippen molar-refractivity contribution in [2.45, 2.75) is 38.7 Å². The molecule has 2 unspecified atom stereocenters. The minimum atomic E-state index is -0.389. The van der Waals surface area contributed by atoms with E-state index in [0.29, 0.717) is 25.4 Å². The monoisotopic (exact) mass is 294 g/mol. The van der Waals surface area contributed by atoms with E-state index in [2.05, 4.69) is 17.6 Å². The summed E-state index contributed by atoms with van der Waals surface area (Å²) in [5.74, 6) is 1.22. The second-order valence-corrected chi connectivity index (χ2v) is 5.28. The minimum Gasteiger partial charge on any atom is -0.497 e. The van der Waals surface area contributed by atoms with E-state index in [1.165, 1.54) is 5.56 Å². The van der Waals surface area contributed by atoms with Gasteiger partial charge in [-0.1, -0.05) is 19.1 Å². The summed E-state index contributed by atoms with van der Waals surface area (Å²) in [6.45, 7) is 4.94. The van der Waals surface area contributed by atoms with Crippen LogP contribution in [-0.4, -0.2) is 37.4 Å². The van der Waals surface area contributed by atoms with E-state index >= 15 is 0 Å². The van der Waals surface area contributed by atoms with Crippen LogP contribution in [0, 0.1) is 0 Å². The number of nitrogens with one attached hydrogen (secondary N) is 2. The number of carbonyl (C=O) groups is 1. The third-order valence-corrected chi connectivity index (χ3v) is 3.40. The number of aliphatic hydroxyl groups is 1. The summed E-state index contributed by atoms with van der Waals surface area (Å²) < 4.78 is 5.13. The Labute approximate surface area is 126 Å². The molecule has 0 aliphatic carbocycles. The molecule has 0 aliphatic heterocycles. The van der Waals surface area contributed by atoms with E-state index in [0.717, 1.165) is 12.2 Å². The first kappa shape index (κ1) is 17.3. The predicted octanol–water partition coefficient (Wildman–Crippen LogP) is 2.26. The van der Waals surface area contributed by atoms with Crippen LogP contribution >= 0.6 is 0 Å². The van der Waals surface area contributed by atoms with Crippen molar-refractivity contribution in [1.82, 2.24) is 10.6 Å². The topological polar surface area (TPSA) is 70.6 Å². The van der Waals surface area contributed by atoms with Gasteiger partial charge in [-0.2, -0.15) is 0 Å². The lowest BCUT2D eigenvalue weighted by molar-refractivity contribution is 0.183. The first-order valence-corrected chi connectivity index (χ1v) is 7.36. The van der Waals surface area contributed by atoms with Gasteiger partial charge in [0.1, 0.15) is 5.75 Å². The lowest BCUT2D eigenvalue weighted by Crippen LogP contribution is -2.37. The average molecular weight is 294 g/mol. The lowest BCUT2D eigenvalue weighted by atomic mass is 9.98. The van der Waals surface area contributed by atoms with Gasteiger partial charge >= 0.3 is 6.03 Å². The van der Waals surface area contributed by atoms with Gasteiger partial charge in [0.2, 0.25) is 0 Å². The Bertz CT molecular complexity index is 418. The number of ether oxygens (including phenoxy) is 1. The van der Waals surface area contributed by atoms with Crippen molar-refractivity contribution < 1.29 is 14.6 Å². The molecule has 1 rings (SSSR count). The van der Waals surface area contributed by atoms with E-state index in [-0.39, 0.29) is 12.1 Å². The summed E-state index contributed by atoms with van der Waals surface area (Å²) in [5, 5.41) is 14.6. The molecule has 1 aromatic carbocycles. The van der Waals surface area contributed by atoms with E-state index in [4.69, 9.17) is 9.84 Å². The Kier molecular flexibility index (Phi) is 7.61. The van der Waals surface area contributed by atoms with Gasteiger partial charge in [-0.05, 0) is 43.4 Å². The van der Waals surface area contributed by atoms with Crippen molar-refractivity contribution >= 4 is 6.03 Å². The molecule has 2 amide bonds. The van der Waals surface area contributed by atoms with Gasteiger partial charge in [-0.25, -0.2) is 4.79 Å². The van der Waals surface area contributed by atoms with E-state index < -0.39 is 0 Å². The maximum atomic E-state index is 11.5. The molecule has 3 N–H and O–H groups in total. The summed E-state index contributed by atoms with van der Waals surface area (Å²) >= 11 is 0.